The number of hydrogen-bond acceptors (Lipinski definition) is 7. The zero-order valence-corrected chi connectivity index (χ0v) is 20.0. The minimum Gasteiger partial charge on any atom is -0.497 e. The smallest absolute Gasteiger partial charge is 0.154 e. The quantitative estimate of drug-likeness (QED) is 0.512. The fourth-order valence-electron chi connectivity index (χ4n) is 3.61. The lowest BCUT2D eigenvalue weighted by Crippen LogP contribution is -2.24. The van der Waals surface area contributed by atoms with Gasteiger partial charge < -0.3 is 9.47 Å². The largest absolute Gasteiger partial charge is 0.497 e. The number of aliphatic imine (C=N–C) groups is 1. The minimum absolute atomic E-state index is 0.717. The molecule has 160 valence electrons. The number of hydrogen-bond donors (Lipinski definition) is 1. The molecule has 3 aromatic carbocycles. The van der Waals surface area contributed by atoms with Gasteiger partial charge in [0, 0.05) is 10.9 Å². The number of ether oxygens (including phenoxy) is 2. The molecule has 5 nitrogen and oxygen atoms in total. The van der Waals surface area contributed by atoms with E-state index in [1.165, 1.54) is 0 Å². The van der Waals surface area contributed by atoms with Crippen molar-refractivity contribution in [1.82, 2.24) is 5.43 Å². The molecule has 0 amide bonds. The molecule has 0 saturated heterocycles. The van der Waals surface area contributed by atoms with Gasteiger partial charge in [0.05, 0.1) is 19.5 Å². The van der Waals surface area contributed by atoms with Gasteiger partial charge in [0.2, 0.25) is 0 Å². The lowest BCUT2D eigenvalue weighted by Gasteiger charge is -2.20. The molecule has 0 aliphatic carbocycles. The predicted molar refractivity (Wildman–Crippen MR) is 138 cm³/mol. The molecule has 0 aromatic heterocycles. The van der Waals surface area contributed by atoms with Gasteiger partial charge in [-0.05, 0) is 47.3 Å². The maximum absolute atomic E-state index is 6.41. The third kappa shape index (κ3) is 3.66. The Hall–Kier alpha value is -2.86. The molecule has 2 heterocycles. The summed E-state index contributed by atoms with van der Waals surface area (Å²) in [6.07, 6.45) is 0. The third-order valence-corrected chi connectivity index (χ3v) is 12.3. The number of nitrogens with zero attached hydrogens (tertiary/aromatic N) is 2. The van der Waals surface area contributed by atoms with Gasteiger partial charge in [0.1, 0.15) is 22.2 Å². The van der Waals surface area contributed by atoms with Crippen LogP contribution in [-0.2, 0) is 11.8 Å². The van der Waals surface area contributed by atoms with E-state index in [1.54, 1.807) is 25.6 Å². The number of fused-ring (bicyclic) bond motifs is 1. The number of rotatable bonds is 5. The maximum Gasteiger partial charge on any atom is 0.154 e. The van der Waals surface area contributed by atoms with Crippen molar-refractivity contribution in [2.75, 3.05) is 14.2 Å². The Balaban J connectivity index is 1.70. The van der Waals surface area contributed by atoms with Crippen LogP contribution in [0.25, 0.3) is 5.31 Å². The second kappa shape index (κ2) is 8.58. The van der Waals surface area contributed by atoms with Crippen LogP contribution in [0.1, 0.15) is 11.1 Å². The molecule has 0 saturated carbocycles. The lowest BCUT2D eigenvalue weighted by atomic mass is 10.1. The summed E-state index contributed by atoms with van der Waals surface area (Å²) in [5.41, 5.74) is 5.98. The van der Waals surface area contributed by atoms with Gasteiger partial charge in [-0.15, -0.1) is 0 Å². The van der Waals surface area contributed by atoms with Crippen LogP contribution in [0.5, 0.6) is 11.5 Å². The van der Waals surface area contributed by atoms with Crippen molar-refractivity contribution >= 4 is 49.9 Å². The summed E-state index contributed by atoms with van der Waals surface area (Å²) in [6, 6.07) is 26.0. The summed E-state index contributed by atoms with van der Waals surface area (Å²) < 4.78 is 10.7. The van der Waals surface area contributed by atoms with Crippen molar-refractivity contribution < 1.29 is 9.47 Å². The summed E-state index contributed by atoms with van der Waals surface area (Å²) in [5.74, 6) is 2.32. The summed E-state index contributed by atoms with van der Waals surface area (Å²) in [7, 11) is 3.33. The highest BCUT2D eigenvalue weighted by atomic mass is 32.9. The summed E-state index contributed by atoms with van der Waals surface area (Å²) >= 11 is 8.05. The van der Waals surface area contributed by atoms with Gasteiger partial charge >= 0.3 is 0 Å². The number of amidine groups is 1. The van der Waals surface area contributed by atoms with Gasteiger partial charge in [-0.2, -0.15) is 5.10 Å². The van der Waals surface area contributed by atoms with E-state index in [4.69, 9.17) is 26.3 Å². The molecule has 0 spiro atoms. The predicted octanol–water partition coefficient (Wildman–Crippen LogP) is 5.20. The molecule has 2 aliphatic rings. The lowest BCUT2D eigenvalue weighted by molar-refractivity contribution is 0.414. The molecule has 2 aliphatic heterocycles. The first-order valence-corrected chi connectivity index (χ1v) is 14.2. The Morgan fingerprint density at radius 1 is 0.812 bits per heavy atom. The first-order valence-electron chi connectivity index (χ1n) is 9.94. The minimum atomic E-state index is -2.28. The second-order valence-corrected chi connectivity index (χ2v) is 14.3. The summed E-state index contributed by atoms with van der Waals surface area (Å²) in [4.78, 5) is 5.01. The molecule has 32 heavy (non-hydrogen) atoms. The van der Waals surface area contributed by atoms with Crippen molar-refractivity contribution in [3.05, 3.63) is 95.7 Å². The molecule has 5 rings (SSSR count). The van der Waals surface area contributed by atoms with Crippen molar-refractivity contribution in [3.63, 3.8) is 0 Å². The molecular weight excluding hydrogens is 457 g/mol. The third-order valence-electron chi connectivity index (χ3n) is 5.25. The Labute approximate surface area is 196 Å². The molecule has 1 N–H and O–H groups in total. The number of methoxy groups -OCH3 is 2. The molecule has 3 aromatic rings. The van der Waals surface area contributed by atoms with Crippen LogP contribution in [-0.4, -0.2) is 25.1 Å². The highest BCUT2D eigenvalue weighted by Gasteiger charge is 2.41. The number of hydrazone groups is 1. The van der Waals surface area contributed by atoms with Crippen LogP contribution < -0.4 is 20.2 Å². The van der Waals surface area contributed by atoms with Crippen molar-refractivity contribution in [3.8, 4) is 11.5 Å². The van der Waals surface area contributed by atoms with Gasteiger partial charge in [0.25, 0.3) is 0 Å². The van der Waals surface area contributed by atoms with Crippen LogP contribution >= 0.6 is 16.6 Å². The highest BCUT2D eigenvalue weighted by Crippen LogP contribution is 2.74. The van der Waals surface area contributed by atoms with Gasteiger partial charge in [0.15, 0.2) is 5.84 Å². The topological polar surface area (TPSA) is 55.2 Å². The Morgan fingerprint density at radius 2 is 1.44 bits per heavy atom. The van der Waals surface area contributed by atoms with Crippen LogP contribution in [0.2, 0.25) is 0 Å². The van der Waals surface area contributed by atoms with Crippen LogP contribution in [0.3, 0.4) is 0 Å². The first kappa shape index (κ1) is 21.0. The molecule has 1 atom stereocenters. The first-order chi connectivity index (χ1) is 15.6. The Kier molecular flexibility index (Phi) is 5.64. The van der Waals surface area contributed by atoms with Crippen molar-refractivity contribution in [1.29, 1.82) is 0 Å². The molecule has 0 fully saturated rings. The molecular formula is C24H20N3O2PS2. The zero-order valence-electron chi connectivity index (χ0n) is 17.5. The Bertz CT molecular complexity index is 1300. The standard InChI is InChI=1S/C24H20N3O2PS2/c1-28-18-10-8-16(9-11-18)22-21-24(27-26-23(25-21)17-6-4-3-5-7-17)32-30(22,31)20-14-12-19(29-2)13-15-20/h3-15H,1-2H3,(H,25,26). The number of benzene rings is 3. The van der Waals surface area contributed by atoms with E-state index in [1.807, 2.05) is 54.6 Å². The normalized spacial score (nSPS) is 19.6. The van der Waals surface area contributed by atoms with Crippen LogP contribution in [0.4, 0.5) is 0 Å². The van der Waals surface area contributed by atoms with E-state index in [0.29, 0.717) is 5.84 Å². The number of nitrogens with one attached hydrogen (secondary N) is 1. The van der Waals surface area contributed by atoms with Crippen LogP contribution in [0, 0.1) is 0 Å². The molecule has 1 unspecified atom stereocenters. The van der Waals surface area contributed by atoms with E-state index in [2.05, 4.69) is 34.8 Å². The fourth-order valence-corrected chi connectivity index (χ4v) is 10.4. The Morgan fingerprint density at radius 3 is 2.06 bits per heavy atom. The fraction of sp³-hybridized carbons (Fsp3) is 0.0833. The van der Waals surface area contributed by atoms with E-state index < -0.39 is 5.24 Å². The highest BCUT2D eigenvalue weighted by molar-refractivity contribution is 8.81. The molecule has 0 radical (unpaired) electrons. The van der Waals surface area contributed by atoms with E-state index in [-0.39, 0.29) is 0 Å². The van der Waals surface area contributed by atoms with E-state index in [9.17, 15) is 0 Å². The van der Waals surface area contributed by atoms with E-state index in [0.717, 1.165) is 44.0 Å². The summed E-state index contributed by atoms with van der Waals surface area (Å²) in [5, 5.41) is 5.36. The average Bonchev–Trinajstić information content (AvgIpc) is 3.17. The van der Waals surface area contributed by atoms with E-state index >= 15 is 0 Å². The molecule has 8 heteroatoms. The summed E-state index contributed by atoms with van der Waals surface area (Å²) in [6.45, 7) is 0. The van der Waals surface area contributed by atoms with Crippen molar-refractivity contribution in [2.24, 2.45) is 10.1 Å². The van der Waals surface area contributed by atoms with Gasteiger partial charge in [-0.3, -0.25) is 5.43 Å². The monoisotopic (exact) mass is 477 g/mol. The van der Waals surface area contributed by atoms with Crippen molar-refractivity contribution in [2.45, 2.75) is 0 Å². The average molecular weight is 478 g/mol. The molecule has 0 bridgehead atoms. The maximum atomic E-state index is 6.41. The second-order valence-electron chi connectivity index (χ2n) is 7.12. The van der Waals surface area contributed by atoms with Gasteiger partial charge in [-0.25, -0.2) is 4.99 Å². The van der Waals surface area contributed by atoms with Gasteiger partial charge in [-0.1, -0.05) is 65.7 Å². The van der Waals surface area contributed by atoms with Crippen LogP contribution in [0.15, 0.2) is 94.7 Å². The zero-order chi connectivity index (χ0) is 22.1. The SMILES string of the molecule is COc1ccc(C2=C3N=C(c4ccccc4)NN=C3SP2(=S)c2ccc(OC)cc2)cc1.